The number of carbonyl (C=O) groups excluding carboxylic acids is 1. The molecule has 1 aliphatic rings. The molecule has 1 aromatic carbocycles. The van der Waals surface area contributed by atoms with E-state index in [1.54, 1.807) is 0 Å². The van der Waals surface area contributed by atoms with Gasteiger partial charge >= 0.3 is 6.18 Å². The molecule has 1 aliphatic heterocycles. The fourth-order valence-corrected chi connectivity index (χ4v) is 2.59. The first-order chi connectivity index (χ1) is 9.29. The fraction of sp³-hybridized carbons (Fsp3) is 0.462. The first kappa shape index (κ1) is 15.3. The third kappa shape index (κ3) is 3.32. The first-order valence-electron chi connectivity index (χ1n) is 6.18. The van der Waals surface area contributed by atoms with Gasteiger partial charge in [-0.3, -0.25) is 4.79 Å². The van der Waals surface area contributed by atoms with Crippen LogP contribution in [0.5, 0.6) is 0 Å². The summed E-state index contributed by atoms with van der Waals surface area (Å²) in [6.45, 7) is 3.30. The van der Waals surface area contributed by atoms with Crippen molar-refractivity contribution >= 4 is 21.8 Å². The number of alkyl halides is 3. The predicted molar refractivity (Wildman–Crippen MR) is 72.5 cm³/mol. The number of amides is 1. The summed E-state index contributed by atoms with van der Waals surface area (Å²) < 4.78 is 39.4. The van der Waals surface area contributed by atoms with Crippen LogP contribution in [-0.4, -0.2) is 36.5 Å². The number of hydrogen-bond donors (Lipinski definition) is 1. The van der Waals surface area contributed by atoms with Crippen molar-refractivity contribution in [2.45, 2.75) is 19.1 Å². The molecule has 2 rings (SSSR count). The van der Waals surface area contributed by atoms with Gasteiger partial charge in [-0.25, -0.2) is 0 Å². The van der Waals surface area contributed by atoms with Crippen LogP contribution in [0.4, 0.5) is 13.2 Å². The number of hydrogen-bond acceptors (Lipinski definition) is 2. The molecule has 1 N–H and O–H groups in total. The lowest BCUT2D eigenvalue weighted by molar-refractivity contribution is -0.138. The van der Waals surface area contributed by atoms with E-state index in [9.17, 15) is 18.0 Å². The normalized spacial score (nSPS) is 20.1. The van der Waals surface area contributed by atoms with Crippen LogP contribution in [-0.2, 0) is 6.18 Å². The second kappa shape index (κ2) is 5.73. The van der Waals surface area contributed by atoms with E-state index in [1.807, 2.05) is 6.92 Å². The lowest BCUT2D eigenvalue weighted by atomic mass is 10.0. The van der Waals surface area contributed by atoms with Gasteiger partial charge in [-0.15, -0.1) is 0 Å². The highest BCUT2D eigenvalue weighted by atomic mass is 79.9. The van der Waals surface area contributed by atoms with E-state index < -0.39 is 17.6 Å². The second-order valence-electron chi connectivity index (χ2n) is 4.79. The zero-order valence-corrected chi connectivity index (χ0v) is 12.4. The average molecular weight is 351 g/mol. The molecule has 1 amide bonds. The summed E-state index contributed by atoms with van der Waals surface area (Å²) >= 11 is 3.01. The summed E-state index contributed by atoms with van der Waals surface area (Å²) in [7, 11) is 0. The van der Waals surface area contributed by atoms with E-state index in [1.165, 1.54) is 17.0 Å². The number of nitrogens with one attached hydrogen (secondary N) is 1. The van der Waals surface area contributed by atoms with Crippen LogP contribution in [0.2, 0.25) is 0 Å². The average Bonchev–Trinajstić information content (AvgIpc) is 2.37. The van der Waals surface area contributed by atoms with Crippen molar-refractivity contribution in [3.8, 4) is 0 Å². The van der Waals surface area contributed by atoms with E-state index in [4.69, 9.17) is 0 Å². The minimum atomic E-state index is -4.55. The maximum absolute atomic E-state index is 13.0. The third-order valence-electron chi connectivity index (χ3n) is 3.17. The molecule has 20 heavy (non-hydrogen) atoms. The minimum absolute atomic E-state index is 0.0810. The highest BCUT2D eigenvalue weighted by molar-refractivity contribution is 9.10. The summed E-state index contributed by atoms with van der Waals surface area (Å²) in [5.74, 6) is -0.571. The number of nitrogens with zero attached hydrogens (tertiary/aromatic N) is 1. The molecule has 0 saturated carbocycles. The summed E-state index contributed by atoms with van der Waals surface area (Å²) in [5, 5.41) is 3.15. The van der Waals surface area contributed by atoms with Gasteiger partial charge in [0.15, 0.2) is 0 Å². The topological polar surface area (TPSA) is 32.3 Å². The molecule has 0 aliphatic carbocycles. The van der Waals surface area contributed by atoms with Gasteiger partial charge in [-0.1, -0.05) is 15.9 Å². The lowest BCUT2D eigenvalue weighted by Gasteiger charge is -2.32. The smallest absolute Gasteiger partial charge is 0.336 e. The number of benzene rings is 1. The molecule has 0 bridgehead atoms. The summed E-state index contributed by atoms with van der Waals surface area (Å²) in [4.78, 5) is 13.8. The Balaban J connectivity index is 2.34. The van der Waals surface area contributed by atoms with E-state index in [0.29, 0.717) is 24.1 Å². The zero-order valence-electron chi connectivity index (χ0n) is 10.8. The number of rotatable bonds is 1. The number of halogens is 4. The minimum Gasteiger partial charge on any atom is -0.336 e. The Morgan fingerprint density at radius 1 is 1.45 bits per heavy atom. The summed E-state index contributed by atoms with van der Waals surface area (Å²) in [6.07, 6.45) is -4.55. The molecule has 3 nitrogen and oxygen atoms in total. The molecular formula is C13H14BrF3N2O. The van der Waals surface area contributed by atoms with Crippen LogP contribution < -0.4 is 5.32 Å². The van der Waals surface area contributed by atoms with Gasteiger partial charge in [0.25, 0.3) is 5.91 Å². The quantitative estimate of drug-likeness (QED) is 0.844. The van der Waals surface area contributed by atoms with Gasteiger partial charge in [-0.05, 0) is 25.1 Å². The van der Waals surface area contributed by atoms with Gasteiger partial charge in [0, 0.05) is 30.1 Å². The Bertz CT molecular complexity index is 519. The van der Waals surface area contributed by atoms with Crippen LogP contribution in [0.1, 0.15) is 22.8 Å². The number of piperazine rings is 1. The third-order valence-corrected chi connectivity index (χ3v) is 3.67. The Labute approximate surface area is 123 Å². The van der Waals surface area contributed by atoms with E-state index in [0.717, 1.165) is 6.07 Å². The molecular weight excluding hydrogens is 337 g/mol. The molecule has 0 spiro atoms. The molecule has 1 fully saturated rings. The van der Waals surface area contributed by atoms with Crippen LogP contribution in [0, 0.1) is 0 Å². The molecule has 1 aromatic rings. The maximum Gasteiger partial charge on any atom is 0.417 e. The van der Waals surface area contributed by atoms with E-state index in [-0.39, 0.29) is 11.6 Å². The molecule has 0 unspecified atom stereocenters. The van der Waals surface area contributed by atoms with Crippen molar-refractivity contribution in [3.05, 3.63) is 33.8 Å². The standard InChI is InChI=1S/C13H14BrF3N2O/c1-8-7-19(5-4-18-8)12(20)10-3-2-9(14)6-11(10)13(15,16)17/h2-3,6,8,18H,4-5,7H2,1H3/t8-/m0/s1. The fourth-order valence-electron chi connectivity index (χ4n) is 2.22. The Hall–Kier alpha value is -1.08. The Morgan fingerprint density at radius 2 is 2.15 bits per heavy atom. The molecule has 110 valence electrons. The van der Waals surface area contributed by atoms with Crippen molar-refractivity contribution in [2.24, 2.45) is 0 Å². The summed E-state index contributed by atoms with van der Waals surface area (Å²) in [6, 6.07) is 3.70. The number of carbonyl (C=O) groups is 1. The van der Waals surface area contributed by atoms with Crippen molar-refractivity contribution in [2.75, 3.05) is 19.6 Å². The highest BCUT2D eigenvalue weighted by Crippen LogP contribution is 2.34. The predicted octanol–water partition coefficient (Wildman–Crippen LogP) is 2.90. The SMILES string of the molecule is C[C@H]1CN(C(=O)c2ccc(Br)cc2C(F)(F)F)CCN1. The van der Waals surface area contributed by atoms with Gasteiger partial charge in [0.2, 0.25) is 0 Å². The van der Waals surface area contributed by atoms with Crippen LogP contribution in [0.3, 0.4) is 0 Å². The van der Waals surface area contributed by atoms with E-state index >= 15 is 0 Å². The first-order valence-corrected chi connectivity index (χ1v) is 6.97. The van der Waals surface area contributed by atoms with Crippen molar-refractivity contribution in [1.29, 1.82) is 0 Å². The molecule has 1 atom stereocenters. The largest absolute Gasteiger partial charge is 0.417 e. The monoisotopic (exact) mass is 350 g/mol. The van der Waals surface area contributed by atoms with Crippen LogP contribution in [0.25, 0.3) is 0 Å². The van der Waals surface area contributed by atoms with E-state index in [2.05, 4.69) is 21.2 Å². The van der Waals surface area contributed by atoms with Crippen molar-refractivity contribution in [1.82, 2.24) is 10.2 Å². The molecule has 0 aromatic heterocycles. The second-order valence-corrected chi connectivity index (χ2v) is 5.71. The maximum atomic E-state index is 13.0. The highest BCUT2D eigenvalue weighted by Gasteiger charge is 2.36. The Morgan fingerprint density at radius 3 is 2.75 bits per heavy atom. The van der Waals surface area contributed by atoms with Gasteiger partial charge in [0.05, 0.1) is 11.1 Å². The van der Waals surface area contributed by atoms with Gasteiger partial charge in [-0.2, -0.15) is 13.2 Å². The molecule has 1 heterocycles. The van der Waals surface area contributed by atoms with Gasteiger partial charge in [0.1, 0.15) is 0 Å². The molecule has 1 saturated heterocycles. The molecule has 7 heteroatoms. The Kier molecular flexibility index (Phi) is 4.39. The lowest BCUT2D eigenvalue weighted by Crippen LogP contribution is -2.51. The zero-order chi connectivity index (χ0) is 14.9. The molecule has 0 radical (unpaired) electrons. The van der Waals surface area contributed by atoms with Crippen LogP contribution >= 0.6 is 15.9 Å². The van der Waals surface area contributed by atoms with Gasteiger partial charge < -0.3 is 10.2 Å². The van der Waals surface area contributed by atoms with Crippen LogP contribution in [0.15, 0.2) is 22.7 Å². The van der Waals surface area contributed by atoms with Crippen molar-refractivity contribution in [3.63, 3.8) is 0 Å². The van der Waals surface area contributed by atoms with Crippen molar-refractivity contribution < 1.29 is 18.0 Å². The summed E-state index contributed by atoms with van der Waals surface area (Å²) in [5.41, 5.74) is -1.20.